The van der Waals surface area contributed by atoms with Crippen molar-refractivity contribution in [3.8, 4) is 0 Å². The molecule has 0 saturated heterocycles. The van der Waals surface area contributed by atoms with Crippen LogP contribution in [0.4, 0.5) is 0 Å². The van der Waals surface area contributed by atoms with E-state index in [1.165, 1.54) is 6.42 Å². The maximum atomic E-state index is 12.6. The van der Waals surface area contributed by atoms with Crippen molar-refractivity contribution >= 4 is 29.1 Å². The lowest BCUT2D eigenvalue weighted by Crippen LogP contribution is -2.18. The molecule has 1 heterocycles. The molecule has 0 N–H and O–H groups in total. The average molecular weight is 351 g/mol. The Morgan fingerprint density at radius 3 is 2.78 bits per heavy atom. The summed E-state index contributed by atoms with van der Waals surface area (Å²) in [7, 11) is 1.81. The number of aryl methyl sites for hydroxylation is 1. The molecule has 122 valence electrons. The molecular weight excluding hydrogens is 332 g/mol. The van der Waals surface area contributed by atoms with Crippen LogP contribution >= 0.6 is 23.4 Å². The number of aromatic nitrogens is 4. The Bertz CT molecular complexity index is 697. The van der Waals surface area contributed by atoms with Crippen LogP contribution in [-0.4, -0.2) is 26.0 Å². The van der Waals surface area contributed by atoms with Crippen LogP contribution in [0.15, 0.2) is 23.4 Å². The zero-order valence-electron chi connectivity index (χ0n) is 13.0. The Morgan fingerprint density at radius 1 is 1.35 bits per heavy atom. The molecule has 0 amide bonds. The molecule has 1 aromatic carbocycles. The number of Topliss-reactive ketones (excluding diaryl/α,β-unsaturated/α-hetero) is 1. The van der Waals surface area contributed by atoms with Gasteiger partial charge < -0.3 is 0 Å². The number of hydrogen-bond acceptors (Lipinski definition) is 5. The van der Waals surface area contributed by atoms with Gasteiger partial charge in [0.15, 0.2) is 5.78 Å². The number of rotatable bonds is 5. The van der Waals surface area contributed by atoms with Crippen LogP contribution in [-0.2, 0) is 12.8 Å². The highest BCUT2D eigenvalue weighted by molar-refractivity contribution is 7.98. The monoisotopic (exact) mass is 350 g/mol. The van der Waals surface area contributed by atoms with E-state index in [0.29, 0.717) is 16.3 Å². The van der Waals surface area contributed by atoms with Gasteiger partial charge in [-0.25, -0.2) is 4.68 Å². The van der Waals surface area contributed by atoms with Crippen molar-refractivity contribution < 1.29 is 4.79 Å². The quantitative estimate of drug-likeness (QED) is 0.604. The number of tetrazole rings is 1. The summed E-state index contributed by atoms with van der Waals surface area (Å²) >= 11 is 7.90. The summed E-state index contributed by atoms with van der Waals surface area (Å²) in [6, 6.07) is 5.72. The molecular formula is C16H19ClN4OS. The number of benzene rings is 1. The molecule has 1 aliphatic carbocycles. The molecule has 0 spiro atoms. The first kappa shape index (κ1) is 16.5. The highest BCUT2D eigenvalue weighted by Gasteiger charge is 2.24. The molecule has 23 heavy (non-hydrogen) atoms. The van der Waals surface area contributed by atoms with Gasteiger partial charge in [-0.05, 0) is 41.0 Å². The van der Waals surface area contributed by atoms with Gasteiger partial charge in [-0.2, -0.15) is 0 Å². The van der Waals surface area contributed by atoms with E-state index in [-0.39, 0.29) is 11.7 Å². The average Bonchev–Trinajstić information content (AvgIpc) is 2.98. The van der Waals surface area contributed by atoms with Gasteiger partial charge in [0.2, 0.25) is 5.16 Å². The minimum atomic E-state index is 0.145. The third kappa shape index (κ3) is 3.93. The summed E-state index contributed by atoms with van der Waals surface area (Å²) in [5.74, 6) is 1.06. The van der Waals surface area contributed by atoms with Crippen LogP contribution in [0.5, 0.6) is 0 Å². The minimum Gasteiger partial charge on any atom is -0.294 e. The summed E-state index contributed by atoms with van der Waals surface area (Å²) in [5, 5.41) is 12.7. The highest BCUT2D eigenvalue weighted by atomic mass is 35.5. The summed E-state index contributed by atoms with van der Waals surface area (Å²) in [4.78, 5) is 12.6. The lowest BCUT2D eigenvalue weighted by atomic mass is 9.84. The smallest absolute Gasteiger partial charge is 0.209 e. The van der Waals surface area contributed by atoms with Gasteiger partial charge in [0, 0.05) is 24.3 Å². The molecule has 0 bridgehead atoms. The zero-order valence-corrected chi connectivity index (χ0v) is 14.6. The number of carbonyl (C=O) groups is 1. The molecule has 0 radical (unpaired) electrons. The SMILES string of the molecule is Cn1nnnc1SCc1ccc(C(=O)C2CCCCC2)c(Cl)c1. The Hall–Kier alpha value is -1.40. The lowest BCUT2D eigenvalue weighted by molar-refractivity contribution is 0.0889. The second-order valence-electron chi connectivity index (χ2n) is 5.89. The van der Waals surface area contributed by atoms with Gasteiger partial charge in [-0.3, -0.25) is 4.79 Å². The molecule has 1 fully saturated rings. The van der Waals surface area contributed by atoms with Gasteiger partial charge >= 0.3 is 0 Å². The van der Waals surface area contributed by atoms with Crippen molar-refractivity contribution in [2.45, 2.75) is 43.0 Å². The first-order chi connectivity index (χ1) is 11.1. The Balaban J connectivity index is 1.67. The molecule has 0 aliphatic heterocycles. The van der Waals surface area contributed by atoms with E-state index in [2.05, 4.69) is 15.5 Å². The van der Waals surface area contributed by atoms with Crippen molar-refractivity contribution in [2.75, 3.05) is 0 Å². The van der Waals surface area contributed by atoms with Gasteiger partial charge in [-0.1, -0.05) is 48.7 Å². The van der Waals surface area contributed by atoms with Crippen molar-refractivity contribution in [3.05, 3.63) is 34.3 Å². The largest absolute Gasteiger partial charge is 0.294 e. The molecule has 7 heteroatoms. The normalized spacial score (nSPS) is 15.7. The van der Waals surface area contributed by atoms with Gasteiger partial charge in [0.05, 0.1) is 5.02 Å². The number of ketones is 1. The van der Waals surface area contributed by atoms with Crippen LogP contribution in [0.2, 0.25) is 5.02 Å². The Labute approximate surface area is 144 Å². The molecule has 0 atom stereocenters. The van der Waals surface area contributed by atoms with E-state index in [4.69, 9.17) is 11.6 Å². The number of hydrogen-bond donors (Lipinski definition) is 0. The molecule has 3 rings (SSSR count). The standard InChI is InChI=1S/C16H19ClN4OS/c1-21-16(18-19-20-21)23-10-11-7-8-13(14(17)9-11)15(22)12-5-3-2-4-6-12/h7-9,12H,2-6,10H2,1H3. The van der Waals surface area contributed by atoms with E-state index in [1.54, 1.807) is 23.5 Å². The van der Waals surface area contributed by atoms with Crippen LogP contribution in [0, 0.1) is 5.92 Å². The molecule has 2 aromatic rings. The fraction of sp³-hybridized carbons (Fsp3) is 0.500. The maximum Gasteiger partial charge on any atom is 0.209 e. The first-order valence-corrected chi connectivity index (χ1v) is 9.19. The van der Waals surface area contributed by atoms with Crippen LogP contribution in [0.1, 0.15) is 48.0 Å². The van der Waals surface area contributed by atoms with Gasteiger partial charge in [0.25, 0.3) is 0 Å². The topological polar surface area (TPSA) is 60.7 Å². The second-order valence-corrected chi connectivity index (χ2v) is 7.24. The zero-order chi connectivity index (χ0) is 16.2. The Kier molecular flexibility index (Phi) is 5.33. The Morgan fingerprint density at radius 2 is 2.13 bits per heavy atom. The minimum absolute atomic E-state index is 0.145. The van der Waals surface area contributed by atoms with Crippen LogP contribution in [0.3, 0.4) is 0 Å². The molecule has 1 aliphatic rings. The van der Waals surface area contributed by atoms with E-state index in [1.807, 2.05) is 18.2 Å². The predicted octanol–water partition coefficient (Wildman–Crippen LogP) is 3.92. The van der Waals surface area contributed by atoms with Gasteiger partial charge in [-0.15, -0.1) is 5.10 Å². The van der Waals surface area contributed by atoms with E-state index in [9.17, 15) is 4.79 Å². The number of carbonyl (C=O) groups excluding carboxylic acids is 1. The first-order valence-electron chi connectivity index (χ1n) is 7.83. The van der Waals surface area contributed by atoms with Crippen molar-refractivity contribution in [1.82, 2.24) is 20.2 Å². The van der Waals surface area contributed by atoms with Crippen molar-refractivity contribution in [3.63, 3.8) is 0 Å². The molecule has 1 saturated carbocycles. The van der Waals surface area contributed by atoms with Crippen molar-refractivity contribution in [1.29, 1.82) is 0 Å². The lowest BCUT2D eigenvalue weighted by Gasteiger charge is -2.20. The number of nitrogens with zero attached hydrogens (tertiary/aromatic N) is 4. The van der Waals surface area contributed by atoms with E-state index < -0.39 is 0 Å². The van der Waals surface area contributed by atoms with Gasteiger partial charge in [0.1, 0.15) is 0 Å². The highest BCUT2D eigenvalue weighted by Crippen LogP contribution is 2.30. The maximum absolute atomic E-state index is 12.6. The van der Waals surface area contributed by atoms with Crippen LogP contribution < -0.4 is 0 Å². The summed E-state index contributed by atoms with van der Waals surface area (Å²) in [6.07, 6.45) is 5.52. The molecule has 0 unspecified atom stereocenters. The van der Waals surface area contributed by atoms with Crippen LogP contribution in [0.25, 0.3) is 0 Å². The predicted molar refractivity (Wildman–Crippen MR) is 90.7 cm³/mol. The fourth-order valence-corrected chi connectivity index (χ4v) is 4.01. The third-order valence-corrected chi connectivity index (χ3v) is 5.62. The number of halogens is 1. The van der Waals surface area contributed by atoms with Crippen molar-refractivity contribution in [2.24, 2.45) is 13.0 Å². The fourth-order valence-electron chi connectivity index (χ4n) is 2.92. The summed E-state index contributed by atoms with van der Waals surface area (Å²) in [6.45, 7) is 0. The van der Waals surface area contributed by atoms with E-state index >= 15 is 0 Å². The second kappa shape index (κ2) is 7.45. The molecule has 5 nitrogen and oxygen atoms in total. The number of thioether (sulfide) groups is 1. The summed E-state index contributed by atoms with van der Waals surface area (Å²) < 4.78 is 1.63. The molecule has 1 aromatic heterocycles. The third-order valence-electron chi connectivity index (χ3n) is 4.22. The van der Waals surface area contributed by atoms with E-state index in [0.717, 1.165) is 36.4 Å². The summed E-state index contributed by atoms with van der Waals surface area (Å²) in [5.41, 5.74) is 1.72.